The summed E-state index contributed by atoms with van der Waals surface area (Å²) in [5.41, 5.74) is 0.629. The SMILES string of the molecule is CCCCNc1ccc(F)[c-]c1F.CCCCNc1ccc(F)[c-]c1F.[C-]1=CC=CC1.[C-]1=CC=CC1.[Ti+4]. The van der Waals surface area contributed by atoms with Gasteiger partial charge >= 0.3 is 21.7 Å². The summed E-state index contributed by atoms with van der Waals surface area (Å²) in [6.07, 6.45) is 24.0. The maximum absolute atomic E-state index is 12.9. The van der Waals surface area contributed by atoms with E-state index in [1.807, 2.05) is 36.4 Å². The van der Waals surface area contributed by atoms with Crippen molar-refractivity contribution >= 4 is 11.4 Å². The van der Waals surface area contributed by atoms with Gasteiger partial charge in [0.1, 0.15) is 0 Å². The topological polar surface area (TPSA) is 24.1 Å². The number of hydrogen-bond acceptors (Lipinski definition) is 2. The van der Waals surface area contributed by atoms with Crippen LogP contribution in [0.25, 0.3) is 0 Å². The Bertz CT molecular complexity index is 888. The Balaban J connectivity index is 0.000000502. The van der Waals surface area contributed by atoms with Gasteiger partial charge in [-0.15, -0.1) is 49.2 Å². The van der Waals surface area contributed by atoms with Crippen molar-refractivity contribution in [3.63, 3.8) is 0 Å². The molecular formula is C30H34F4N2Ti. The van der Waals surface area contributed by atoms with Crippen molar-refractivity contribution in [1.29, 1.82) is 0 Å². The van der Waals surface area contributed by atoms with Gasteiger partial charge in [0, 0.05) is 36.4 Å². The summed E-state index contributed by atoms with van der Waals surface area (Å²) in [6, 6.07) is 9.09. The Labute approximate surface area is 234 Å². The Kier molecular flexibility index (Phi) is 21.0. The van der Waals surface area contributed by atoms with Crippen molar-refractivity contribution in [2.24, 2.45) is 0 Å². The Morgan fingerprint density at radius 3 is 1.32 bits per heavy atom. The molecule has 0 aliphatic heterocycles. The monoisotopic (exact) mass is 546 g/mol. The maximum Gasteiger partial charge on any atom is 4.00 e. The van der Waals surface area contributed by atoms with E-state index in [9.17, 15) is 17.6 Å². The van der Waals surface area contributed by atoms with Crippen molar-refractivity contribution in [2.75, 3.05) is 23.7 Å². The van der Waals surface area contributed by atoms with Crippen LogP contribution in [0.2, 0.25) is 0 Å². The summed E-state index contributed by atoms with van der Waals surface area (Å²) < 4.78 is 50.7. The van der Waals surface area contributed by atoms with E-state index in [0.717, 1.165) is 38.5 Å². The van der Waals surface area contributed by atoms with Crippen molar-refractivity contribution in [3.8, 4) is 0 Å². The predicted octanol–water partition coefficient (Wildman–Crippen LogP) is 8.56. The average molecular weight is 546 g/mol. The Morgan fingerprint density at radius 2 is 1.08 bits per heavy atom. The molecule has 0 radical (unpaired) electrons. The first kappa shape index (κ1) is 34.4. The molecule has 2 aliphatic rings. The third-order valence-corrected chi connectivity index (χ3v) is 4.59. The number of unbranched alkanes of at least 4 members (excludes halogenated alkanes) is 2. The molecule has 0 unspecified atom stereocenters. The van der Waals surface area contributed by atoms with E-state index in [2.05, 4.69) is 48.8 Å². The van der Waals surface area contributed by atoms with Crippen LogP contribution in [0.5, 0.6) is 0 Å². The molecule has 0 atom stereocenters. The molecule has 2 nitrogen and oxygen atoms in total. The molecule has 2 aromatic rings. The second-order valence-electron chi connectivity index (χ2n) is 7.63. The van der Waals surface area contributed by atoms with Crippen molar-refractivity contribution in [1.82, 2.24) is 0 Å². The average Bonchev–Trinajstić information content (AvgIpc) is 3.62. The van der Waals surface area contributed by atoms with E-state index in [4.69, 9.17) is 0 Å². The van der Waals surface area contributed by atoms with Crippen LogP contribution < -0.4 is 10.6 Å². The Hall–Kier alpha value is -2.57. The summed E-state index contributed by atoms with van der Waals surface area (Å²) >= 11 is 0. The molecule has 0 saturated carbocycles. The molecule has 196 valence electrons. The summed E-state index contributed by atoms with van der Waals surface area (Å²) in [5, 5.41) is 5.74. The molecule has 7 heteroatoms. The molecule has 2 N–H and O–H groups in total. The summed E-state index contributed by atoms with van der Waals surface area (Å²) in [7, 11) is 0. The first-order valence-electron chi connectivity index (χ1n) is 12.1. The van der Waals surface area contributed by atoms with Gasteiger partial charge in [0.15, 0.2) is 0 Å². The maximum atomic E-state index is 12.9. The molecule has 2 aromatic carbocycles. The van der Waals surface area contributed by atoms with Crippen LogP contribution in [0, 0.1) is 47.6 Å². The van der Waals surface area contributed by atoms with Crippen LogP contribution in [0.3, 0.4) is 0 Å². The molecule has 0 spiro atoms. The van der Waals surface area contributed by atoms with Crippen LogP contribution in [-0.4, -0.2) is 13.1 Å². The van der Waals surface area contributed by atoms with Gasteiger partial charge in [-0.2, -0.15) is 12.2 Å². The fraction of sp³-hybridized carbons (Fsp3) is 0.333. The second kappa shape index (κ2) is 22.6. The van der Waals surface area contributed by atoms with Gasteiger partial charge in [0.25, 0.3) is 0 Å². The minimum absolute atomic E-state index is 0. The number of halogens is 4. The Morgan fingerprint density at radius 1 is 0.676 bits per heavy atom. The van der Waals surface area contributed by atoms with Gasteiger partial charge < -0.3 is 10.6 Å². The molecule has 0 amide bonds. The number of benzene rings is 2. The van der Waals surface area contributed by atoms with Gasteiger partial charge in [0.05, 0.1) is 0 Å². The fourth-order valence-electron chi connectivity index (χ4n) is 2.64. The van der Waals surface area contributed by atoms with Crippen LogP contribution in [-0.2, 0) is 21.7 Å². The first-order chi connectivity index (χ1) is 17.5. The summed E-state index contributed by atoms with van der Waals surface area (Å²) in [6.45, 7) is 5.50. The third-order valence-electron chi connectivity index (χ3n) is 4.59. The molecule has 0 heterocycles. The number of rotatable bonds is 8. The van der Waals surface area contributed by atoms with Crippen LogP contribution in [0.1, 0.15) is 52.4 Å². The zero-order valence-corrected chi connectivity index (χ0v) is 23.0. The molecule has 37 heavy (non-hydrogen) atoms. The summed E-state index contributed by atoms with van der Waals surface area (Å²) in [5.74, 6) is -2.65. The predicted molar refractivity (Wildman–Crippen MR) is 140 cm³/mol. The zero-order chi connectivity index (χ0) is 26.4. The number of nitrogens with one attached hydrogen (secondary N) is 2. The first-order valence-corrected chi connectivity index (χ1v) is 12.1. The van der Waals surface area contributed by atoms with E-state index >= 15 is 0 Å². The van der Waals surface area contributed by atoms with Gasteiger partial charge in [-0.05, 0) is 24.2 Å². The zero-order valence-electron chi connectivity index (χ0n) is 21.4. The third kappa shape index (κ3) is 17.5. The van der Waals surface area contributed by atoms with Crippen molar-refractivity contribution in [3.05, 3.63) is 108 Å². The molecule has 0 fully saturated rings. The summed E-state index contributed by atoms with van der Waals surface area (Å²) in [4.78, 5) is 0. The van der Waals surface area contributed by atoms with Gasteiger partial charge in [-0.25, -0.2) is 41.9 Å². The van der Waals surface area contributed by atoms with Gasteiger partial charge in [-0.3, -0.25) is 12.2 Å². The van der Waals surface area contributed by atoms with Gasteiger partial charge in [-0.1, -0.05) is 26.7 Å². The van der Waals surface area contributed by atoms with Crippen molar-refractivity contribution in [2.45, 2.75) is 52.4 Å². The molecule has 4 rings (SSSR count). The fourth-order valence-corrected chi connectivity index (χ4v) is 2.64. The van der Waals surface area contributed by atoms with Crippen molar-refractivity contribution < 1.29 is 39.3 Å². The number of anilines is 2. The molecule has 2 aliphatic carbocycles. The molecule has 0 aromatic heterocycles. The standard InChI is InChI=1S/2C10H12F2N.2C5H5.Ti/c2*1-2-3-6-13-10-5-4-8(11)7-9(10)12;2*1-2-4-5-3-1;/h2*4-5,13H,2-3,6H2,1H3;2*1-3H,4H2;/q4*-1;+4. The van der Waals surface area contributed by atoms with E-state index in [0.29, 0.717) is 24.5 Å². The van der Waals surface area contributed by atoms with Gasteiger partial charge in [0.2, 0.25) is 0 Å². The minimum atomic E-state index is -0.668. The molecule has 0 saturated heterocycles. The van der Waals surface area contributed by atoms with E-state index in [-0.39, 0.29) is 21.7 Å². The molecule has 0 bridgehead atoms. The van der Waals surface area contributed by atoms with Crippen LogP contribution in [0.4, 0.5) is 28.9 Å². The van der Waals surface area contributed by atoms with E-state index < -0.39 is 23.3 Å². The quantitative estimate of drug-likeness (QED) is 0.150. The van der Waals surface area contributed by atoms with Crippen LogP contribution in [0.15, 0.2) is 60.7 Å². The largest absolute Gasteiger partial charge is 4.00 e. The number of hydrogen-bond donors (Lipinski definition) is 2. The molecular weight excluding hydrogens is 512 g/mol. The minimum Gasteiger partial charge on any atom is -0.434 e. The number of allylic oxidation sites excluding steroid dienone is 8. The smallest absolute Gasteiger partial charge is 0.434 e. The second-order valence-corrected chi connectivity index (χ2v) is 7.63. The van der Waals surface area contributed by atoms with Crippen LogP contribution >= 0.6 is 0 Å². The normalized spacial score (nSPS) is 11.8. The van der Waals surface area contributed by atoms with E-state index in [1.54, 1.807) is 0 Å². The van der Waals surface area contributed by atoms with E-state index in [1.165, 1.54) is 24.3 Å².